The van der Waals surface area contributed by atoms with Gasteiger partial charge in [0.15, 0.2) is 5.78 Å². The lowest BCUT2D eigenvalue weighted by molar-refractivity contribution is 0.101. The van der Waals surface area contributed by atoms with E-state index in [2.05, 4.69) is 32.9 Å². The zero-order valence-corrected chi connectivity index (χ0v) is 12.7. The average molecular weight is 258 g/mol. The number of carbonyl (C=O) groups is 1. The van der Waals surface area contributed by atoms with Gasteiger partial charge in [-0.2, -0.15) is 0 Å². The molecule has 19 heavy (non-hydrogen) atoms. The van der Waals surface area contributed by atoms with Gasteiger partial charge in [0.05, 0.1) is 0 Å². The lowest BCUT2D eigenvalue weighted by atomic mass is 9.68. The number of hydrogen-bond acceptors (Lipinski definition) is 1. The van der Waals surface area contributed by atoms with Gasteiger partial charge in [-0.3, -0.25) is 4.79 Å². The van der Waals surface area contributed by atoms with Gasteiger partial charge in [-0.25, -0.2) is 0 Å². The standard InChI is InChI=1S/C18H26O/c1-13(19)16-7-5-6-8-17(16)14-9-11-15(12-10-14)18(2,3)4/h5-8,14-15H,9-12H2,1-4H3. The van der Waals surface area contributed by atoms with E-state index in [-0.39, 0.29) is 5.78 Å². The van der Waals surface area contributed by atoms with Crippen molar-refractivity contribution in [1.82, 2.24) is 0 Å². The summed E-state index contributed by atoms with van der Waals surface area (Å²) in [7, 11) is 0. The molecule has 0 radical (unpaired) electrons. The smallest absolute Gasteiger partial charge is 0.160 e. The first-order chi connectivity index (χ1) is 8.89. The van der Waals surface area contributed by atoms with E-state index < -0.39 is 0 Å². The van der Waals surface area contributed by atoms with Gasteiger partial charge in [0.2, 0.25) is 0 Å². The molecule has 1 heteroatoms. The minimum atomic E-state index is 0.202. The monoisotopic (exact) mass is 258 g/mol. The normalized spacial score (nSPS) is 24.2. The van der Waals surface area contributed by atoms with Crippen molar-refractivity contribution in [2.24, 2.45) is 11.3 Å². The third-order valence-corrected chi connectivity index (χ3v) is 4.73. The second kappa shape index (κ2) is 5.48. The van der Waals surface area contributed by atoms with Crippen LogP contribution in [0, 0.1) is 11.3 Å². The van der Waals surface area contributed by atoms with Gasteiger partial charge in [-0.15, -0.1) is 0 Å². The molecule has 1 fully saturated rings. The Labute approximate surface area is 117 Å². The largest absolute Gasteiger partial charge is 0.295 e. The van der Waals surface area contributed by atoms with Gasteiger partial charge in [0.25, 0.3) is 0 Å². The van der Waals surface area contributed by atoms with Crippen molar-refractivity contribution in [2.45, 2.75) is 59.3 Å². The first kappa shape index (κ1) is 14.3. The Balaban J connectivity index is 2.12. The Kier molecular flexibility index (Phi) is 4.13. The molecule has 0 bridgehead atoms. The van der Waals surface area contributed by atoms with Crippen LogP contribution in [0.2, 0.25) is 0 Å². The maximum Gasteiger partial charge on any atom is 0.160 e. The van der Waals surface area contributed by atoms with Gasteiger partial charge in [-0.05, 0) is 55.4 Å². The lowest BCUT2D eigenvalue weighted by Gasteiger charge is -2.37. The maximum atomic E-state index is 11.7. The van der Waals surface area contributed by atoms with Crippen molar-refractivity contribution in [3.05, 3.63) is 35.4 Å². The van der Waals surface area contributed by atoms with Crippen molar-refractivity contribution >= 4 is 5.78 Å². The van der Waals surface area contributed by atoms with E-state index in [1.54, 1.807) is 6.92 Å². The first-order valence-electron chi connectivity index (χ1n) is 7.49. The summed E-state index contributed by atoms with van der Waals surface area (Å²) in [5.41, 5.74) is 2.63. The second-order valence-electron chi connectivity index (χ2n) is 7.06. The fraction of sp³-hybridized carbons (Fsp3) is 0.611. The van der Waals surface area contributed by atoms with Crippen LogP contribution in [-0.2, 0) is 0 Å². The van der Waals surface area contributed by atoms with Crippen LogP contribution in [0.5, 0.6) is 0 Å². The molecule has 0 heterocycles. The Morgan fingerprint density at radius 1 is 1.05 bits per heavy atom. The molecule has 1 aliphatic rings. The van der Waals surface area contributed by atoms with Crippen molar-refractivity contribution in [1.29, 1.82) is 0 Å². The maximum absolute atomic E-state index is 11.7. The summed E-state index contributed by atoms with van der Waals surface area (Å²) >= 11 is 0. The summed E-state index contributed by atoms with van der Waals surface area (Å²) in [5, 5.41) is 0. The van der Waals surface area contributed by atoms with Gasteiger partial charge >= 0.3 is 0 Å². The number of Topliss-reactive ketones (excluding diaryl/α,β-unsaturated/α-hetero) is 1. The average Bonchev–Trinajstić information content (AvgIpc) is 2.38. The first-order valence-corrected chi connectivity index (χ1v) is 7.49. The Bertz CT molecular complexity index is 445. The molecular formula is C18H26O. The number of benzene rings is 1. The van der Waals surface area contributed by atoms with Gasteiger partial charge in [0, 0.05) is 5.56 Å². The second-order valence-corrected chi connectivity index (χ2v) is 7.06. The molecule has 0 unspecified atom stereocenters. The Hall–Kier alpha value is -1.11. The predicted octanol–water partition coefficient (Wildman–Crippen LogP) is 5.21. The molecule has 1 aromatic carbocycles. The van der Waals surface area contributed by atoms with E-state index in [9.17, 15) is 4.79 Å². The third kappa shape index (κ3) is 3.26. The topological polar surface area (TPSA) is 17.1 Å². The number of hydrogen-bond donors (Lipinski definition) is 0. The third-order valence-electron chi connectivity index (χ3n) is 4.73. The van der Waals surface area contributed by atoms with Crippen LogP contribution in [0.3, 0.4) is 0 Å². The summed E-state index contributed by atoms with van der Waals surface area (Å²) in [6, 6.07) is 8.17. The fourth-order valence-electron chi connectivity index (χ4n) is 3.44. The zero-order valence-electron chi connectivity index (χ0n) is 12.7. The van der Waals surface area contributed by atoms with Crippen LogP contribution in [0.25, 0.3) is 0 Å². The predicted molar refractivity (Wildman–Crippen MR) is 80.6 cm³/mol. The van der Waals surface area contributed by atoms with Crippen molar-refractivity contribution < 1.29 is 4.79 Å². The molecule has 1 nitrogen and oxygen atoms in total. The molecule has 0 spiro atoms. The quantitative estimate of drug-likeness (QED) is 0.665. The van der Waals surface area contributed by atoms with Crippen LogP contribution < -0.4 is 0 Å². The summed E-state index contributed by atoms with van der Waals surface area (Å²) < 4.78 is 0. The van der Waals surface area contributed by atoms with Crippen LogP contribution in [0.15, 0.2) is 24.3 Å². The van der Waals surface area contributed by atoms with Gasteiger partial charge in [0.1, 0.15) is 0 Å². The summed E-state index contributed by atoms with van der Waals surface area (Å²) in [4.78, 5) is 11.7. The minimum absolute atomic E-state index is 0.202. The summed E-state index contributed by atoms with van der Waals surface area (Å²) in [6.07, 6.45) is 5.04. The highest BCUT2D eigenvalue weighted by molar-refractivity contribution is 5.95. The van der Waals surface area contributed by atoms with E-state index in [1.807, 2.05) is 12.1 Å². The molecule has 1 saturated carbocycles. The van der Waals surface area contributed by atoms with Crippen molar-refractivity contribution in [3.8, 4) is 0 Å². The molecule has 0 aromatic heterocycles. The van der Waals surface area contributed by atoms with Crippen LogP contribution >= 0.6 is 0 Å². The summed E-state index contributed by atoms with van der Waals surface area (Å²) in [5.74, 6) is 1.61. The zero-order chi connectivity index (χ0) is 14.0. The van der Waals surface area contributed by atoms with Crippen LogP contribution in [0.4, 0.5) is 0 Å². The molecule has 0 amide bonds. The SMILES string of the molecule is CC(=O)c1ccccc1C1CCC(C(C)(C)C)CC1. The molecule has 1 aromatic rings. The lowest BCUT2D eigenvalue weighted by Crippen LogP contribution is -2.25. The number of carbonyl (C=O) groups excluding carboxylic acids is 1. The number of ketones is 1. The van der Waals surface area contributed by atoms with Gasteiger partial charge in [-0.1, -0.05) is 45.0 Å². The van der Waals surface area contributed by atoms with Crippen LogP contribution in [-0.4, -0.2) is 5.78 Å². The molecule has 0 N–H and O–H groups in total. The highest BCUT2D eigenvalue weighted by Gasteiger charge is 2.31. The Morgan fingerprint density at radius 2 is 1.63 bits per heavy atom. The van der Waals surface area contributed by atoms with E-state index in [0.717, 1.165) is 11.5 Å². The summed E-state index contributed by atoms with van der Waals surface area (Å²) in [6.45, 7) is 8.73. The molecule has 104 valence electrons. The molecule has 0 atom stereocenters. The fourth-order valence-corrected chi connectivity index (χ4v) is 3.44. The highest BCUT2D eigenvalue weighted by atomic mass is 16.1. The van der Waals surface area contributed by atoms with E-state index in [4.69, 9.17) is 0 Å². The number of rotatable bonds is 2. The molecular weight excluding hydrogens is 232 g/mol. The van der Waals surface area contributed by atoms with Crippen LogP contribution in [0.1, 0.15) is 75.2 Å². The van der Waals surface area contributed by atoms with Crippen molar-refractivity contribution in [2.75, 3.05) is 0 Å². The van der Waals surface area contributed by atoms with E-state index in [1.165, 1.54) is 31.2 Å². The molecule has 1 aliphatic carbocycles. The highest BCUT2D eigenvalue weighted by Crippen LogP contribution is 2.43. The molecule has 0 saturated heterocycles. The van der Waals surface area contributed by atoms with E-state index >= 15 is 0 Å². The molecule has 0 aliphatic heterocycles. The van der Waals surface area contributed by atoms with Gasteiger partial charge < -0.3 is 0 Å². The molecule has 2 rings (SSSR count). The van der Waals surface area contributed by atoms with E-state index in [0.29, 0.717) is 11.3 Å². The van der Waals surface area contributed by atoms with Crippen molar-refractivity contribution in [3.63, 3.8) is 0 Å². The minimum Gasteiger partial charge on any atom is -0.295 e. The Morgan fingerprint density at radius 3 is 2.16 bits per heavy atom.